The molecule has 0 fully saturated rings. The van der Waals surface area contributed by atoms with Crippen molar-refractivity contribution in [2.45, 2.75) is 0 Å². The molecule has 2 heterocycles. The van der Waals surface area contributed by atoms with Crippen LogP contribution in [0.5, 0.6) is 23.0 Å². The first-order valence-corrected chi connectivity index (χ1v) is 17.6. The molecule has 0 unspecified atom stereocenters. The fourth-order valence-electron chi connectivity index (χ4n) is 7.41. The van der Waals surface area contributed by atoms with Crippen molar-refractivity contribution >= 4 is 38.9 Å². The molecule has 0 bridgehead atoms. The van der Waals surface area contributed by atoms with E-state index in [0.29, 0.717) is 23.0 Å². The molecule has 0 N–H and O–H groups in total. The Bertz CT molecular complexity index is 2770. The zero-order valence-corrected chi connectivity index (χ0v) is 28.5. The average molecular weight is 687 g/mol. The molecule has 9 aromatic rings. The van der Waals surface area contributed by atoms with Gasteiger partial charge in [0.1, 0.15) is 5.82 Å². The predicted molar refractivity (Wildman–Crippen MR) is 213 cm³/mol. The first-order chi connectivity index (χ1) is 26.2. The minimum absolute atomic E-state index is 0.246. The zero-order chi connectivity index (χ0) is 35.3. The van der Waals surface area contributed by atoms with Crippen molar-refractivity contribution in [3.63, 3.8) is 0 Å². The summed E-state index contributed by atoms with van der Waals surface area (Å²) in [6.07, 6.45) is 0. The number of aromatic nitrogens is 1. The van der Waals surface area contributed by atoms with Gasteiger partial charge in [-0.2, -0.15) is 0 Å². The molecule has 8 aromatic carbocycles. The lowest BCUT2D eigenvalue weighted by atomic mass is 10.0. The second-order valence-corrected chi connectivity index (χ2v) is 13.1. The number of halogens is 1. The topological polar surface area (TPSA) is 26.6 Å². The quantitative estimate of drug-likeness (QED) is 0.174. The predicted octanol–water partition coefficient (Wildman–Crippen LogP) is 13.6. The van der Waals surface area contributed by atoms with Crippen molar-refractivity contribution < 1.29 is 13.9 Å². The summed E-state index contributed by atoms with van der Waals surface area (Å²) in [5, 5.41) is 2.35. The summed E-state index contributed by atoms with van der Waals surface area (Å²) in [4.78, 5) is 2.28. The third-order valence-corrected chi connectivity index (χ3v) is 9.93. The van der Waals surface area contributed by atoms with Crippen LogP contribution in [0, 0.1) is 5.82 Å². The van der Waals surface area contributed by atoms with Gasteiger partial charge in [0.25, 0.3) is 0 Å². The first kappa shape index (κ1) is 30.7. The molecule has 0 amide bonds. The van der Waals surface area contributed by atoms with E-state index in [2.05, 4.69) is 131 Å². The van der Waals surface area contributed by atoms with Crippen molar-refractivity contribution in [3.05, 3.63) is 194 Å². The minimum atomic E-state index is -0.246. The molecule has 1 aromatic heterocycles. The molecular weight excluding hydrogens is 656 g/mol. The number of hydrogen-bond acceptors (Lipinski definition) is 3. The van der Waals surface area contributed by atoms with Crippen LogP contribution in [-0.4, -0.2) is 4.57 Å². The summed E-state index contributed by atoms with van der Waals surface area (Å²) in [6.45, 7) is 0. The Morgan fingerprint density at radius 1 is 0.415 bits per heavy atom. The monoisotopic (exact) mass is 686 g/mol. The van der Waals surface area contributed by atoms with Gasteiger partial charge in [-0.25, -0.2) is 4.39 Å². The Kier molecular flexibility index (Phi) is 7.29. The minimum Gasteiger partial charge on any atom is -0.449 e. The molecule has 0 atom stereocenters. The van der Waals surface area contributed by atoms with Crippen molar-refractivity contribution in [3.8, 4) is 50.9 Å². The van der Waals surface area contributed by atoms with Gasteiger partial charge in [-0.05, 0) is 108 Å². The molecule has 5 heteroatoms. The van der Waals surface area contributed by atoms with E-state index in [-0.39, 0.29) is 5.82 Å². The van der Waals surface area contributed by atoms with Gasteiger partial charge in [-0.3, -0.25) is 0 Å². The molecule has 0 radical (unpaired) electrons. The van der Waals surface area contributed by atoms with Gasteiger partial charge < -0.3 is 18.9 Å². The maximum atomic E-state index is 13.7. The second kappa shape index (κ2) is 12.6. The van der Waals surface area contributed by atoms with Crippen molar-refractivity contribution in [1.29, 1.82) is 0 Å². The molecule has 252 valence electrons. The Labute approximate surface area is 306 Å². The highest BCUT2D eigenvalue weighted by Crippen LogP contribution is 2.50. The summed E-state index contributed by atoms with van der Waals surface area (Å²) in [6, 6.07) is 63.1. The SMILES string of the molecule is Fc1ccc(-c2ccc(N(c3ccc(-c4cccc5c4Oc4ccccc4O5)cc3)c3ccc4c(c3)c3ccccc3n4-c3ccccc3)cc2)cc1. The zero-order valence-electron chi connectivity index (χ0n) is 28.5. The molecule has 1 aliphatic rings. The van der Waals surface area contributed by atoms with E-state index in [0.717, 1.165) is 56.0 Å². The first-order valence-electron chi connectivity index (χ1n) is 17.6. The lowest BCUT2D eigenvalue weighted by molar-refractivity contribution is 0.361. The van der Waals surface area contributed by atoms with Gasteiger partial charge in [0.05, 0.1) is 11.0 Å². The molecule has 53 heavy (non-hydrogen) atoms. The molecule has 1 aliphatic heterocycles. The summed E-state index contributed by atoms with van der Waals surface area (Å²) in [5.74, 6) is 2.55. The van der Waals surface area contributed by atoms with Gasteiger partial charge in [-0.1, -0.05) is 97.1 Å². The Balaban J connectivity index is 1.09. The van der Waals surface area contributed by atoms with E-state index in [9.17, 15) is 4.39 Å². The third-order valence-electron chi connectivity index (χ3n) is 9.93. The van der Waals surface area contributed by atoms with Crippen LogP contribution >= 0.6 is 0 Å². The number of rotatable bonds is 6. The number of nitrogens with zero attached hydrogens (tertiary/aromatic N) is 2. The van der Waals surface area contributed by atoms with E-state index >= 15 is 0 Å². The Hall–Kier alpha value is -7.11. The molecular formula is C48H31FN2O2. The third kappa shape index (κ3) is 5.38. The van der Waals surface area contributed by atoms with Crippen LogP contribution in [0.1, 0.15) is 0 Å². The fraction of sp³-hybridized carbons (Fsp3) is 0. The summed E-state index contributed by atoms with van der Waals surface area (Å²) in [5.41, 5.74) is 10.4. The van der Waals surface area contributed by atoms with Crippen LogP contribution in [0.4, 0.5) is 21.5 Å². The van der Waals surface area contributed by atoms with Gasteiger partial charge in [0.2, 0.25) is 0 Å². The molecule has 0 saturated heterocycles. The molecule has 10 rings (SSSR count). The van der Waals surface area contributed by atoms with E-state index in [1.54, 1.807) is 0 Å². The van der Waals surface area contributed by atoms with Crippen molar-refractivity contribution in [2.24, 2.45) is 0 Å². The highest BCUT2D eigenvalue weighted by molar-refractivity contribution is 6.10. The molecule has 4 nitrogen and oxygen atoms in total. The smallest absolute Gasteiger partial charge is 0.177 e. The lowest BCUT2D eigenvalue weighted by Gasteiger charge is -2.26. The largest absolute Gasteiger partial charge is 0.449 e. The molecule has 0 spiro atoms. The Morgan fingerprint density at radius 3 is 1.72 bits per heavy atom. The summed E-state index contributed by atoms with van der Waals surface area (Å²) >= 11 is 0. The molecule has 0 saturated carbocycles. The highest BCUT2D eigenvalue weighted by atomic mass is 19.1. The van der Waals surface area contributed by atoms with Crippen LogP contribution in [-0.2, 0) is 0 Å². The lowest BCUT2D eigenvalue weighted by Crippen LogP contribution is -2.10. The second-order valence-electron chi connectivity index (χ2n) is 13.1. The average Bonchev–Trinajstić information content (AvgIpc) is 3.55. The maximum absolute atomic E-state index is 13.7. The maximum Gasteiger partial charge on any atom is 0.177 e. The van der Waals surface area contributed by atoms with E-state index in [1.807, 2.05) is 54.6 Å². The van der Waals surface area contributed by atoms with E-state index in [4.69, 9.17) is 9.47 Å². The number of anilines is 3. The summed E-state index contributed by atoms with van der Waals surface area (Å²) in [7, 11) is 0. The number of benzene rings is 8. The van der Waals surface area contributed by atoms with Gasteiger partial charge in [0, 0.05) is 39.1 Å². The molecule has 0 aliphatic carbocycles. The fourth-order valence-corrected chi connectivity index (χ4v) is 7.41. The van der Waals surface area contributed by atoms with Gasteiger partial charge >= 0.3 is 0 Å². The number of ether oxygens (including phenoxy) is 2. The van der Waals surface area contributed by atoms with Crippen LogP contribution < -0.4 is 14.4 Å². The van der Waals surface area contributed by atoms with E-state index in [1.165, 1.54) is 22.9 Å². The van der Waals surface area contributed by atoms with Crippen molar-refractivity contribution in [1.82, 2.24) is 4.57 Å². The standard InChI is InChI=1S/C48H31FN2O2/c49-35-23-17-32(18-24-35)33-19-25-37(26-20-33)50(39-29-30-44-42(31-39)41-11-4-5-13-43(41)51(44)36-9-2-1-3-10-36)38-27-21-34(22-28-38)40-12-8-16-47-48(40)53-46-15-7-6-14-45(46)52-47/h1-31H. The summed E-state index contributed by atoms with van der Waals surface area (Å²) < 4.78 is 28.6. The van der Waals surface area contributed by atoms with Gasteiger partial charge in [0.15, 0.2) is 23.0 Å². The van der Waals surface area contributed by atoms with Crippen LogP contribution in [0.3, 0.4) is 0 Å². The van der Waals surface area contributed by atoms with Crippen LogP contribution in [0.15, 0.2) is 188 Å². The Morgan fingerprint density at radius 2 is 0.981 bits per heavy atom. The number of para-hydroxylation sites is 5. The number of hydrogen-bond donors (Lipinski definition) is 0. The van der Waals surface area contributed by atoms with Crippen LogP contribution in [0.2, 0.25) is 0 Å². The van der Waals surface area contributed by atoms with Gasteiger partial charge in [-0.15, -0.1) is 0 Å². The van der Waals surface area contributed by atoms with Crippen LogP contribution in [0.25, 0.3) is 49.7 Å². The normalized spacial score (nSPS) is 11.8. The number of fused-ring (bicyclic) bond motifs is 5. The van der Waals surface area contributed by atoms with E-state index < -0.39 is 0 Å². The van der Waals surface area contributed by atoms with Crippen molar-refractivity contribution in [2.75, 3.05) is 4.90 Å². The highest BCUT2D eigenvalue weighted by Gasteiger charge is 2.23.